The van der Waals surface area contributed by atoms with E-state index in [1.165, 1.54) is 12.4 Å². The molecule has 7 heteroatoms. The molecule has 0 saturated heterocycles. The van der Waals surface area contributed by atoms with Gasteiger partial charge in [-0.2, -0.15) is 0 Å². The van der Waals surface area contributed by atoms with Gasteiger partial charge in [-0.05, 0) is 36.6 Å². The quantitative estimate of drug-likeness (QED) is 0.621. The molecular formula is C22H24N4O3. The molecule has 0 fully saturated rings. The lowest BCUT2D eigenvalue weighted by Gasteiger charge is -2.13. The van der Waals surface area contributed by atoms with Gasteiger partial charge in [0, 0.05) is 17.4 Å². The van der Waals surface area contributed by atoms with E-state index in [0.717, 1.165) is 28.9 Å². The number of benzene rings is 2. The molecule has 2 N–H and O–H groups in total. The summed E-state index contributed by atoms with van der Waals surface area (Å²) in [5.41, 5.74) is 3.93. The van der Waals surface area contributed by atoms with Gasteiger partial charge in [0.15, 0.2) is 11.5 Å². The van der Waals surface area contributed by atoms with Crippen LogP contribution in [0.5, 0.6) is 11.5 Å². The van der Waals surface area contributed by atoms with E-state index in [4.69, 9.17) is 9.47 Å². The molecule has 0 spiro atoms. The minimum atomic E-state index is -0.292. The Morgan fingerprint density at radius 3 is 2.48 bits per heavy atom. The maximum atomic E-state index is 12.6. The highest BCUT2D eigenvalue weighted by atomic mass is 16.5. The molecule has 0 radical (unpaired) electrons. The van der Waals surface area contributed by atoms with Crippen LogP contribution in [-0.4, -0.2) is 30.1 Å². The predicted octanol–water partition coefficient (Wildman–Crippen LogP) is 4.36. The Hall–Kier alpha value is -3.61. The standard InChI is InChI=1S/C22H24N4O3/c1-5-15-8-6-7-14(2)21(15)26-22(27)17-12-24-20(13-23-17)25-16-9-10-18(28-3)19(11-16)29-4/h6-13H,5H2,1-4H3,(H,24,25)(H,26,27). The number of carbonyl (C=O) groups is 1. The fraction of sp³-hybridized carbons (Fsp3) is 0.227. The minimum Gasteiger partial charge on any atom is -0.493 e. The van der Waals surface area contributed by atoms with Crippen LogP contribution in [0, 0.1) is 6.92 Å². The number of aromatic nitrogens is 2. The van der Waals surface area contributed by atoms with Crippen LogP contribution >= 0.6 is 0 Å². The van der Waals surface area contributed by atoms with E-state index in [2.05, 4.69) is 27.5 Å². The third-order valence-electron chi connectivity index (χ3n) is 4.52. The smallest absolute Gasteiger partial charge is 0.275 e. The van der Waals surface area contributed by atoms with E-state index < -0.39 is 0 Å². The molecule has 3 aromatic rings. The van der Waals surface area contributed by atoms with Crippen molar-refractivity contribution < 1.29 is 14.3 Å². The molecule has 1 aromatic heterocycles. The van der Waals surface area contributed by atoms with Crippen molar-refractivity contribution >= 4 is 23.1 Å². The van der Waals surface area contributed by atoms with E-state index >= 15 is 0 Å². The molecule has 0 unspecified atom stereocenters. The number of amides is 1. The molecule has 29 heavy (non-hydrogen) atoms. The van der Waals surface area contributed by atoms with E-state index in [1.54, 1.807) is 26.4 Å². The van der Waals surface area contributed by atoms with Crippen molar-refractivity contribution in [2.24, 2.45) is 0 Å². The minimum absolute atomic E-state index is 0.244. The topological polar surface area (TPSA) is 85.4 Å². The van der Waals surface area contributed by atoms with Gasteiger partial charge in [-0.1, -0.05) is 25.1 Å². The van der Waals surface area contributed by atoms with Crippen LogP contribution in [0.15, 0.2) is 48.8 Å². The van der Waals surface area contributed by atoms with Crippen molar-refractivity contribution in [2.75, 3.05) is 24.9 Å². The Labute approximate surface area is 170 Å². The highest BCUT2D eigenvalue weighted by Crippen LogP contribution is 2.30. The van der Waals surface area contributed by atoms with Gasteiger partial charge in [-0.25, -0.2) is 9.97 Å². The summed E-state index contributed by atoms with van der Waals surface area (Å²) in [7, 11) is 3.16. The van der Waals surface area contributed by atoms with E-state index in [-0.39, 0.29) is 11.6 Å². The Bertz CT molecular complexity index is 1000. The number of anilines is 3. The van der Waals surface area contributed by atoms with Crippen LogP contribution in [0.2, 0.25) is 0 Å². The molecule has 1 amide bonds. The lowest BCUT2D eigenvalue weighted by Crippen LogP contribution is -2.16. The van der Waals surface area contributed by atoms with E-state index in [1.807, 2.05) is 31.2 Å². The highest BCUT2D eigenvalue weighted by molar-refractivity contribution is 6.03. The van der Waals surface area contributed by atoms with Crippen molar-refractivity contribution in [3.8, 4) is 11.5 Å². The molecule has 0 atom stereocenters. The van der Waals surface area contributed by atoms with Crippen molar-refractivity contribution in [1.82, 2.24) is 9.97 Å². The van der Waals surface area contributed by atoms with Gasteiger partial charge in [0.1, 0.15) is 11.5 Å². The number of nitrogens with one attached hydrogen (secondary N) is 2. The molecule has 1 heterocycles. The molecule has 0 aliphatic heterocycles. The second kappa shape index (κ2) is 9.05. The Morgan fingerprint density at radius 1 is 1.03 bits per heavy atom. The number of carbonyl (C=O) groups excluding carboxylic acids is 1. The largest absolute Gasteiger partial charge is 0.493 e. The van der Waals surface area contributed by atoms with Crippen LogP contribution in [-0.2, 0) is 6.42 Å². The number of ether oxygens (including phenoxy) is 2. The Kier molecular flexibility index (Phi) is 6.29. The molecule has 150 valence electrons. The third-order valence-corrected chi connectivity index (χ3v) is 4.52. The van der Waals surface area contributed by atoms with Crippen LogP contribution in [0.25, 0.3) is 0 Å². The van der Waals surface area contributed by atoms with E-state index in [9.17, 15) is 4.79 Å². The van der Waals surface area contributed by atoms with E-state index in [0.29, 0.717) is 17.3 Å². The summed E-state index contributed by atoms with van der Waals surface area (Å²) in [5, 5.41) is 6.08. The number of para-hydroxylation sites is 1. The van der Waals surface area contributed by atoms with Crippen molar-refractivity contribution in [1.29, 1.82) is 0 Å². The molecule has 0 bridgehead atoms. The summed E-state index contributed by atoms with van der Waals surface area (Å²) in [6.07, 6.45) is 3.80. The second-order valence-electron chi connectivity index (χ2n) is 6.40. The lowest BCUT2D eigenvalue weighted by atomic mass is 10.1. The normalized spacial score (nSPS) is 10.3. The fourth-order valence-electron chi connectivity index (χ4n) is 2.95. The zero-order valence-corrected chi connectivity index (χ0v) is 16.9. The van der Waals surface area contributed by atoms with Crippen LogP contribution in [0.4, 0.5) is 17.2 Å². The molecule has 0 aliphatic carbocycles. The van der Waals surface area contributed by atoms with Gasteiger partial charge in [0.25, 0.3) is 5.91 Å². The van der Waals surface area contributed by atoms with Crippen molar-refractivity contribution in [3.63, 3.8) is 0 Å². The third kappa shape index (κ3) is 4.63. The first kappa shape index (κ1) is 20.1. The van der Waals surface area contributed by atoms with Gasteiger partial charge >= 0.3 is 0 Å². The summed E-state index contributed by atoms with van der Waals surface area (Å²) < 4.78 is 10.5. The average Bonchev–Trinajstić information content (AvgIpc) is 2.75. The molecule has 7 nitrogen and oxygen atoms in total. The molecule has 0 aliphatic rings. The second-order valence-corrected chi connectivity index (χ2v) is 6.40. The van der Waals surface area contributed by atoms with Crippen LogP contribution < -0.4 is 20.1 Å². The maximum absolute atomic E-state index is 12.6. The molecular weight excluding hydrogens is 368 g/mol. The SMILES string of the molecule is CCc1cccc(C)c1NC(=O)c1cnc(Nc2ccc(OC)c(OC)c2)cn1. The van der Waals surface area contributed by atoms with Crippen molar-refractivity contribution in [3.05, 3.63) is 65.6 Å². The number of methoxy groups -OCH3 is 2. The zero-order valence-electron chi connectivity index (χ0n) is 16.9. The predicted molar refractivity (Wildman–Crippen MR) is 113 cm³/mol. The van der Waals surface area contributed by atoms with Crippen LogP contribution in [0.1, 0.15) is 28.5 Å². The maximum Gasteiger partial charge on any atom is 0.275 e. The highest BCUT2D eigenvalue weighted by Gasteiger charge is 2.13. The monoisotopic (exact) mass is 392 g/mol. The summed E-state index contributed by atoms with van der Waals surface area (Å²) in [4.78, 5) is 21.1. The van der Waals surface area contributed by atoms with Gasteiger partial charge < -0.3 is 20.1 Å². The lowest BCUT2D eigenvalue weighted by molar-refractivity contribution is 0.102. The first-order chi connectivity index (χ1) is 14.0. The number of aryl methyl sites for hydroxylation is 2. The Morgan fingerprint density at radius 2 is 1.83 bits per heavy atom. The molecule has 2 aromatic carbocycles. The number of rotatable bonds is 7. The molecule has 0 saturated carbocycles. The number of hydrogen-bond acceptors (Lipinski definition) is 6. The Balaban J connectivity index is 1.73. The summed E-state index contributed by atoms with van der Waals surface area (Å²) in [6, 6.07) is 11.4. The average molecular weight is 392 g/mol. The molecule has 3 rings (SSSR count). The first-order valence-electron chi connectivity index (χ1n) is 9.26. The van der Waals surface area contributed by atoms with Gasteiger partial charge in [-0.15, -0.1) is 0 Å². The fourth-order valence-corrected chi connectivity index (χ4v) is 2.95. The van der Waals surface area contributed by atoms with Crippen LogP contribution in [0.3, 0.4) is 0 Å². The zero-order chi connectivity index (χ0) is 20.8. The summed E-state index contributed by atoms with van der Waals surface area (Å²) >= 11 is 0. The van der Waals surface area contributed by atoms with Gasteiger partial charge in [0.05, 0.1) is 26.6 Å². The van der Waals surface area contributed by atoms with Crippen molar-refractivity contribution in [2.45, 2.75) is 20.3 Å². The van der Waals surface area contributed by atoms with Gasteiger partial charge in [-0.3, -0.25) is 4.79 Å². The summed E-state index contributed by atoms with van der Waals surface area (Å²) in [6.45, 7) is 4.02. The first-order valence-corrected chi connectivity index (χ1v) is 9.26. The summed E-state index contributed by atoms with van der Waals surface area (Å²) in [5.74, 6) is 1.46. The number of nitrogens with zero attached hydrogens (tertiary/aromatic N) is 2. The van der Waals surface area contributed by atoms with Gasteiger partial charge in [0.2, 0.25) is 0 Å². The number of hydrogen-bond donors (Lipinski definition) is 2.